The van der Waals surface area contributed by atoms with Crippen molar-refractivity contribution < 1.29 is 23.0 Å². The molecule has 28 heavy (non-hydrogen) atoms. The molecule has 0 spiro atoms. The first-order chi connectivity index (χ1) is 13.1. The van der Waals surface area contributed by atoms with Gasteiger partial charge < -0.3 is 14.7 Å². The number of aliphatic hydroxyl groups excluding tert-OH is 1. The van der Waals surface area contributed by atoms with Gasteiger partial charge in [0.2, 0.25) is 0 Å². The van der Waals surface area contributed by atoms with Gasteiger partial charge in [-0.1, -0.05) is 30.3 Å². The summed E-state index contributed by atoms with van der Waals surface area (Å²) in [6, 6.07) is 13.0. The molecule has 0 aliphatic rings. The molecule has 154 valence electrons. The van der Waals surface area contributed by atoms with Crippen LogP contribution < -0.4 is 4.74 Å². The molecule has 0 saturated carbocycles. The third-order valence-electron chi connectivity index (χ3n) is 4.16. The summed E-state index contributed by atoms with van der Waals surface area (Å²) >= 11 is 0. The monoisotopic (exact) mass is 396 g/mol. The van der Waals surface area contributed by atoms with Gasteiger partial charge in [-0.15, -0.1) is 0 Å². The molecule has 1 N–H and O–H groups in total. The quantitative estimate of drug-likeness (QED) is 0.702. The van der Waals surface area contributed by atoms with Gasteiger partial charge in [0.15, 0.2) is 0 Å². The molecule has 0 heterocycles. The van der Waals surface area contributed by atoms with E-state index in [1.165, 1.54) is 12.1 Å². The van der Waals surface area contributed by atoms with E-state index in [0.717, 1.165) is 11.6 Å². The van der Waals surface area contributed by atoms with Gasteiger partial charge in [-0.25, -0.2) is 0 Å². The van der Waals surface area contributed by atoms with E-state index in [-0.39, 0.29) is 18.7 Å². The lowest BCUT2D eigenvalue weighted by Gasteiger charge is -2.20. The van der Waals surface area contributed by atoms with E-state index in [1.54, 1.807) is 25.2 Å². The number of likely N-dealkylation sites (N-methyl/N-ethyl adjacent to an activating group) is 1. The van der Waals surface area contributed by atoms with Gasteiger partial charge in [0.1, 0.15) is 18.5 Å². The molecule has 0 aliphatic carbocycles. The maximum Gasteiger partial charge on any atom is 0.416 e. The van der Waals surface area contributed by atoms with Gasteiger partial charge in [0, 0.05) is 19.6 Å². The second-order valence-corrected chi connectivity index (χ2v) is 7.20. The van der Waals surface area contributed by atoms with Gasteiger partial charge in [0.05, 0.1) is 5.56 Å². The first kappa shape index (κ1) is 22.2. The maximum atomic E-state index is 13.1. The average molecular weight is 396 g/mol. The fraction of sp³-hybridized carbons (Fsp3) is 0.429. The Hall–Kier alpha value is -2.09. The molecule has 4 nitrogen and oxygen atoms in total. The largest absolute Gasteiger partial charge is 0.491 e. The standard InChI is InChI=1S/C21H27F3N2O2/c1-25(2)14-18(27)15-28-19-10-8-16(9-11-19)12-26(3)13-17-6-4-5-7-20(17)21(22,23)24/h4-11,18,27H,12-15H2,1-3H3/t18-/m1/s1. The Kier molecular flexibility index (Phi) is 7.86. The molecule has 0 fully saturated rings. The third kappa shape index (κ3) is 7.14. The average Bonchev–Trinajstić information content (AvgIpc) is 2.60. The summed E-state index contributed by atoms with van der Waals surface area (Å²) in [5.74, 6) is 0.645. The highest BCUT2D eigenvalue weighted by Crippen LogP contribution is 2.32. The minimum absolute atomic E-state index is 0.199. The summed E-state index contributed by atoms with van der Waals surface area (Å²) in [6.07, 6.45) is -4.93. The van der Waals surface area contributed by atoms with Crippen molar-refractivity contribution in [1.29, 1.82) is 0 Å². The number of halogens is 3. The van der Waals surface area contributed by atoms with Crippen LogP contribution in [0.4, 0.5) is 13.2 Å². The van der Waals surface area contributed by atoms with Crippen LogP contribution in [0.25, 0.3) is 0 Å². The van der Waals surface area contributed by atoms with E-state index < -0.39 is 17.8 Å². The molecule has 0 bridgehead atoms. The van der Waals surface area contributed by atoms with Crippen molar-refractivity contribution in [3.63, 3.8) is 0 Å². The topological polar surface area (TPSA) is 35.9 Å². The van der Waals surface area contributed by atoms with Crippen LogP contribution in [0.3, 0.4) is 0 Å². The Labute approximate surface area is 164 Å². The molecule has 2 aromatic carbocycles. The molecule has 0 aliphatic heterocycles. The summed E-state index contributed by atoms with van der Waals surface area (Å²) in [4.78, 5) is 3.71. The zero-order valence-corrected chi connectivity index (χ0v) is 16.4. The van der Waals surface area contributed by atoms with E-state index in [9.17, 15) is 18.3 Å². The Balaban J connectivity index is 1.90. The van der Waals surface area contributed by atoms with Crippen LogP contribution in [0.5, 0.6) is 5.75 Å². The zero-order valence-electron chi connectivity index (χ0n) is 16.4. The van der Waals surface area contributed by atoms with Crippen molar-refractivity contribution in [2.75, 3.05) is 34.3 Å². The van der Waals surface area contributed by atoms with Gasteiger partial charge in [-0.05, 0) is 50.5 Å². The van der Waals surface area contributed by atoms with Crippen molar-refractivity contribution in [2.45, 2.75) is 25.4 Å². The van der Waals surface area contributed by atoms with E-state index >= 15 is 0 Å². The Morgan fingerprint density at radius 2 is 1.61 bits per heavy atom. The lowest BCUT2D eigenvalue weighted by molar-refractivity contribution is -0.138. The van der Waals surface area contributed by atoms with Crippen LogP contribution in [-0.2, 0) is 19.3 Å². The van der Waals surface area contributed by atoms with E-state index in [4.69, 9.17) is 4.74 Å². The fourth-order valence-electron chi connectivity index (χ4n) is 2.95. The van der Waals surface area contributed by atoms with E-state index in [2.05, 4.69) is 0 Å². The van der Waals surface area contributed by atoms with Gasteiger partial charge in [0.25, 0.3) is 0 Å². The molecule has 2 aromatic rings. The summed E-state index contributed by atoms with van der Waals surface area (Å²) in [5, 5.41) is 9.82. The smallest absolute Gasteiger partial charge is 0.416 e. The summed E-state index contributed by atoms with van der Waals surface area (Å²) in [7, 11) is 5.54. The second kappa shape index (κ2) is 9.91. The van der Waals surface area contributed by atoms with Crippen molar-refractivity contribution in [2.24, 2.45) is 0 Å². The number of hydrogen-bond donors (Lipinski definition) is 1. The molecule has 2 rings (SSSR count). The van der Waals surface area contributed by atoms with Gasteiger partial charge >= 0.3 is 6.18 Å². The third-order valence-corrected chi connectivity index (χ3v) is 4.16. The van der Waals surface area contributed by atoms with Crippen LogP contribution in [0, 0.1) is 0 Å². The first-order valence-corrected chi connectivity index (χ1v) is 9.03. The maximum absolute atomic E-state index is 13.1. The highest BCUT2D eigenvalue weighted by atomic mass is 19.4. The van der Waals surface area contributed by atoms with Crippen LogP contribution in [0.2, 0.25) is 0 Å². The summed E-state index contributed by atoms with van der Waals surface area (Å²) < 4.78 is 44.9. The van der Waals surface area contributed by atoms with Crippen molar-refractivity contribution in [3.8, 4) is 5.75 Å². The molecule has 0 aromatic heterocycles. The van der Waals surface area contributed by atoms with Crippen LogP contribution in [0.15, 0.2) is 48.5 Å². The lowest BCUT2D eigenvalue weighted by atomic mass is 10.1. The van der Waals surface area contributed by atoms with Crippen molar-refractivity contribution in [1.82, 2.24) is 9.80 Å². The van der Waals surface area contributed by atoms with E-state index in [0.29, 0.717) is 18.8 Å². The fourth-order valence-corrected chi connectivity index (χ4v) is 2.95. The van der Waals surface area contributed by atoms with Crippen LogP contribution >= 0.6 is 0 Å². The summed E-state index contributed by atoms with van der Waals surface area (Å²) in [5.41, 5.74) is 0.627. The minimum Gasteiger partial charge on any atom is -0.491 e. The Morgan fingerprint density at radius 3 is 2.21 bits per heavy atom. The first-order valence-electron chi connectivity index (χ1n) is 9.03. The predicted octanol–water partition coefficient (Wildman–Crippen LogP) is 3.64. The molecule has 0 unspecified atom stereocenters. The van der Waals surface area contributed by atoms with Gasteiger partial charge in [-0.2, -0.15) is 13.2 Å². The second-order valence-electron chi connectivity index (χ2n) is 7.20. The molecular formula is C21H27F3N2O2. The number of hydrogen-bond acceptors (Lipinski definition) is 4. The molecule has 1 atom stereocenters. The molecule has 7 heteroatoms. The molecule has 0 saturated heterocycles. The highest BCUT2D eigenvalue weighted by Gasteiger charge is 2.32. The molecular weight excluding hydrogens is 369 g/mol. The number of nitrogens with zero attached hydrogens (tertiary/aromatic N) is 2. The number of benzene rings is 2. The van der Waals surface area contributed by atoms with E-state index in [1.807, 2.05) is 36.0 Å². The normalized spacial score (nSPS) is 13.2. The SMILES string of the molecule is CN(C)C[C@@H](O)COc1ccc(CN(C)Cc2ccccc2C(F)(F)F)cc1. The predicted molar refractivity (Wildman–Crippen MR) is 103 cm³/mol. The summed E-state index contributed by atoms with van der Waals surface area (Å²) in [6.45, 7) is 1.42. The minimum atomic E-state index is -4.35. The Bertz CT molecular complexity index is 733. The number of aliphatic hydroxyl groups is 1. The highest BCUT2D eigenvalue weighted by molar-refractivity contribution is 5.30. The lowest BCUT2D eigenvalue weighted by Crippen LogP contribution is -2.30. The number of rotatable bonds is 9. The van der Waals surface area contributed by atoms with Crippen LogP contribution in [-0.4, -0.2) is 55.3 Å². The Morgan fingerprint density at radius 1 is 0.964 bits per heavy atom. The van der Waals surface area contributed by atoms with Crippen molar-refractivity contribution >= 4 is 0 Å². The zero-order chi connectivity index (χ0) is 20.7. The van der Waals surface area contributed by atoms with Crippen LogP contribution in [0.1, 0.15) is 16.7 Å². The van der Waals surface area contributed by atoms with Crippen molar-refractivity contribution in [3.05, 3.63) is 65.2 Å². The number of ether oxygens (including phenoxy) is 1. The molecule has 0 radical (unpaired) electrons. The number of alkyl halides is 3. The van der Waals surface area contributed by atoms with Gasteiger partial charge in [-0.3, -0.25) is 4.90 Å². The molecule has 0 amide bonds.